The van der Waals surface area contributed by atoms with Crippen LogP contribution in [0.2, 0.25) is 5.15 Å². The number of pyridine rings is 1. The smallest absolute Gasteiger partial charge is 0.412 e. The predicted octanol–water partition coefficient (Wildman–Crippen LogP) is 3.93. The van der Waals surface area contributed by atoms with Gasteiger partial charge in [0.05, 0.1) is 11.1 Å². The topological polar surface area (TPSA) is 54.5 Å². The van der Waals surface area contributed by atoms with Gasteiger partial charge in [-0.05, 0) is 26.8 Å². The average molecular weight is 346 g/mol. The van der Waals surface area contributed by atoms with E-state index >= 15 is 0 Å². The molecule has 1 N–H and O–H groups in total. The number of ether oxygens (including phenoxy) is 1. The number of carbonyl (C=O) groups is 1. The number of nitrogens with one attached hydrogen (secondary N) is 1. The van der Waals surface area contributed by atoms with Gasteiger partial charge < -0.3 is 9.64 Å². The zero-order valence-electron chi connectivity index (χ0n) is 13.1. The van der Waals surface area contributed by atoms with Gasteiger partial charge in [-0.2, -0.15) is 0 Å². The first kappa shape index (κ1) is 16.2. The van der Waals surface area contributed by atoms with Gasteiger partial charge in [-0.15, -0.1) is 0 Å². The van der Waals surface area contributed by atoms with Gasteiger partial charge in [-0.3, -0.25) is 5.32 Å². The Morgan fingerprint density at radius 2 is 2.00 bits per heavy atom. The molecular weight excluding hydrogens is 328 g/mol. The highest BCUT2D eigenvalue weighted by Crippen LogP contribution is 2.65. The predicted molar refractivity (Wildman–Crippen MR) is 83.3 cm³/mol. The van der Waals surface area contributed by atoms with Crippen molar-refractivity contribution in [2.45, 2.75) is 38.7 Å². The fourth-order valence-corrected chi connectivity index (χ4v) is 2.91. The number of carbonyl (C=O) groups excluding carboxylic acids is 1. The maximum absolute atomic E-state index is 13.3. The van der Waals surface area contributed by atoms with Crippen molar-refractivity contribution in [3.63, 3.8) is 0 Å². The first-order valence-electron chi connectivity index (χ1n) is 7.30. The number of alkyl halides is 2. The van der Waals surface area contributed by atoms with Crippen LogP contribution in [0.3, 0.4) is 0 Å². The van der Waals surface area contributed by atoms with Crippen molar-refractivity contribution in [1.29, 1.82) is 0 Å². The highest BCUT2D eigenvalue weighted by atomic mass is 35.5. The number of amides is 1. The Balaban J connectivity index is 1.67. The first-order chi connectivity index (χ1) is 10.5. The van der Waals surface area contributed by atoms with Gasteiger partial charge in [0, 0.05) is 25.6 Å². The molecule has 0 unspecified atom stereocenters. The zero-order valence-corrected chi connectivity index (χ0v) is 13.9. The highest BCUT2D eigenvalue weighted by Gasteiger charge is 2.76. The van der Waals surface area contributed by atoms with Gasteiger partial charge >= 0.3 is 6.09 Å². The van der Waals surface area contributed by atoms with Crippen molar-refractivity contribution in [3.8, 4) is 0 Å². The van der Waals surface area contributed by atoms with Gasteiger partial charge in [0.25, 0.3) is 5.92 Å². The van der Waals surface area contributed by atoms with Crippen LogP contribution in [0.15, 0.2) is 12.1 Å². The molecule has 8 heteroatoms. The van der Waals surface area contributed by atoms with E-state index in [9.17, 15) is 13.6 Å². The molecule has 1 spiro atoms. The summed E-state index contributed by atoms with van der Waals surface area (Å²) in [5.74, 6) is -2.10. The minimum atomic E-state index is -2.57. The van der Waals surface area contributed by atoms with E-state index in [0.29, 0.717) is 11.5 Å². The Bertz CT molecular complexity index is 655. The molecule has 1 amide bonds. The lowest BCUT2D eigenvalue weighted by Crippen LogP contribution is -2.51. The molecule has 1 aliphatic heterocycles. The number of hydrogen-bond acceptors (Lipinski definition) is 4. The van der Waals surface area contributed by atoms with E-state index in [2.05, 4.69) is 10.3 Å². The summed E-state index contributed by atoms with van der Waals surface area (Å²) in [6.07, 6.45) is -0.681. The van der Waals surface area contributed by atoms with Crippen molar-refractivity contribution >= 4 is 29.2 Å². The summed E-state index contributed by atoms with van der Waals surface area (Å²) in [6, 6.07) is 3.08. The first-order valence-corrected chi connectivity index (χ1v) is 7.68. The Morgan fingerprint density at radius 3 is 2.52 bits per heavy atom. The Kier molecular flexibility index (Phi) is 3.48. The van der Waals surface area contributed by atoms with Gasteiger partial charge in [0.2, 0.25) is 0 Å². The normalized spacial score (nSPS) is 20.9. The van der Waals surface area contributed by atoms with E-state index in [4.69, 9.17) is 16.3 Å². The van der Waals surface area contributed by atoms with Gasteiger partial charge in [-0.1, -0.05) is 11.6 Å². The summed E-state index contributed by atoms with van der Waals surface area (Å²) >= 11 is 5.96. The molecule has 0 bridgehead atoms. The molecule has 2 fully saturated rings. The molecule has 0 radical (unpaired) electrons. The number of aromatic nitrogens is 1. The molecule has 1 aromatic heterocycles. The molecule has 1 aromatic rings. The van der Waals surface area contributed by atoms with Crippen molar-refractivity contribution in [2.24, 2.45) is 5.41 Å². The standard InChI is InChI=1S/C15H18ClF2N3O2/c1-13(2,3)23-12(22)19-9-4-10(16)20-11(5-9)21-7-14(8-21)6-15(14,17)18/h4-5H,6-8H2,1-3H3,(H,19,20,22). The van der Waals surface area contributed by atoms with E-state index in [1.807, 2.05) is 0 Å². The van der Waals surface area contributed by atoms with Crippen LogP contribution in [0.5, 0.6) is 0 Å². The molecule has 1 saturated carbocycles. The van der Waals surface area contributed by atoms with E-state index < -0.39 is 23.0 Å². The Morgan fingerprint density at radius 1 is 1.39 bits per heavy atom. The molecule has 2 heterocycles. The monoisotopic (exact) mass is 345 g/mol. The van der Waals surface area contributed by atoms with E-state index in [1.165, 1.54) is 6.07 Å². The molecule has 3 rings (SSSR count). The van der Waals surface area contributed by atoms with Crippen LogP contribution < -0.4 is 10.2 Å². The van der Waals surface area contributed by atoms with Crippen LogP contribution in [0.25, 0.3) is 0 Å². The second-order valence-electron chi connectivity index (χ2n) is 7.18. The number of halogens is 3. The van der Waals surface area contributed by atoms with E-state index in [0.717, 1.165) is 0 Å². The lowest BCUT2D eigenvalue weighted by molar-refractivity contribution is 0.0518. The third-order valence-corrected chi connectivity index (χ3v) is 4.14. The van der Waals surface area contributed by atoms with E-state index in [-0.39, 0.29) is 24.7 Å². The fraction of sp³-hybridized carbons (Fsp3) is 0.600. The summed E-state index contributed by atoms with van der Waals surface area (Å²) in [5, 5.41) is 2.75. The fourth-order valence-electron chi connectivity index (χ4n) is 2.71. The van der Waals surface area contributed by atoms with Gasteiger partial charge in [0.15, 0.2) is 0 Å². The largest absolute Gasteiger partial charge is 0.444 e. The molecule has 1 aliphatic carbocycles. The second kappa shape index (κ2) is 4.93. The SMILES string of the molecule is CC(C)(C)OC(=O)Nc1cc(Cl)nc(N2CC3(C2)CC3(F)F)c1. The van der Waals surface area contributed by atoms with E-state index in [1.54, 1.807) is 31.7 Å². The zero-order chi connectivity index (χ0) is 17.0. The molecule has 2 aliphatic rings. The summed E-state index contributed by atoms with van der Waals surface area (Å²) in [4.78, 5) is 17.7. The van der Waals surface area contributed by atoms with Crippen LogP contribution in [-0.2, 0) is 4.74 Å². The molecular formula is C15H18ClF2N3O2. The van der Waals surface area contributed by atoms with Gasteiger partial charge in [0.1, 0.15) is 16.6 Å². The number of nitrogens with zero attached hydrogens (tertiary/aromatic N) is 2. The summed E-state index contributed by atoms with van der Waals surface area (Å²) in [5.41, 5.74) is -1.10. The summed E-state index contributed by atoms with van der Waals surface area (Å²) < 4.78 is 31.7. The maximum Gasteiger partial charge on any atom is 0.412 e. The molecule has 5 nitrogen and oxygen atoms in total. The lowest BCUT2D eigenvalue weighted by Gasteiger charge is -2.41. The molecule has 0 aromatic carbocycles. The number of anilines is 2. The minimum Gasteiger partial charge on any atom is -0.444 e. The van der Waals surface area contributed by atoms with Crippen molar-refractivity contribution < 1.29 is 18.3 Å². The average Bonchev–Trinajstić information content (AvgIpc) is 2.87. The van der Waals surface area contributed by atoms with Crippen molar-refractivity contribution in [2.75, 3.05) is 23.3 Å². The molecule has 0 atom stereocenters. The van der Waals surface area contributed by atoms with Crippen LogP contribution >= 0.6 is 11.6 Å². The van der Waals surface area contributed by atoms with Crippen LogP contribution in [0.1, 0.15) is 27.2 Å². The van der Waals surface area contributed by atoms with Crippen LogP contribution in [0.4, 0.5) is 25.1 Å². The number of rotatable bonds is 2. The second-order valence-corrected chi connectivity index (χ2v) is 7.57. The quantitative estimate of drug-likeness (QED) is 0.825. The van der Waals surface area contributed by atoms with Crippen molar-refractivity contribution in [3.05, 3.63) is 17.3 Å². The molecule has 23 heavy (non-hydrogen) atoms. The summed E-state index contributed by atoms with van der Waals surface area (Å²) in [7, 11) is 0. The maximum atomic E-state index is 13.3. The Labute approximate surface area is 138 Å². The number of hydrogen-bond donors (Lipinski definition) is 1. The Hall–Kier alpha value is -1.63. The third-order valence-electron chi connectivity index (χ3n) is 3.95. The van der Waals surface area contributed by atoms with Crippen LogP contribution in [0, 0.1) is 5.41 Å². The minimum absolute atomic E-state index is 0.0694. The third kappa shape index (κ3) is 3.20. The highest BCUT2D eigenvalue weighted by molar-refractivity contribution is 6.29. The lowest BCUT2D eigenvalue weighted by atomic mass is 9.96. The molecule has 126 valence electrons. The molecule has 1 saturated heterocycles. The summed E-state index contributed by atoms with van der Waals surface area (Å²) in [6.45, 7) is 5.77. The van der Waals surface area contributed by atoms with Gasteiger partial charge in [-0.25, -0.2) is 18.6 Å². The van der Waals surface area contributed by atoms with Crippen LogP contribution in [-0.4, -0.2) is 35.7 Å². The van der Waals surface area contributed by atoms with Crippen molar-refractivity contribution in [1.82, 2.24) is 4.98 Å².